The zero-order valence-electron chi connectivity index (χ0n) is 23.6. The lowest BCUT2D eigenvalue weighted by Crippen LogP contribution is -2.54. The molecule has 0 unspecified atom stereocenters. The van der Waals surface area contributed by atoms with E-state index >= 15 is 0 Å². The van der Waals surface area contributed by atoms with Gasteiger partial charge in [0.15, 0.2) is 5.78 Å². The molecule has 2 fully saturated rings. The van der Waals surface area contributed by atoms with Gasteiger partial charge in [0.05, 0.1) is 24.5 Å². The van der Waals surface area contributed by atoms with Crippen LogP contribution in [0.5, 0.6) is 0 Å². The fourth-order valence-electron chi connectivity index (χ4n) is 7.68. The van der Waals surface area contributed by atoms with Crippen molar-refractivity contribution in [2.45, 2.75) is 90.3 Å². The van der Waals surface area contributed by atoms with Crippen molar-refractivity contribution < 1.29 is 24.3 Å². The van der Waals surface area contributed by atoms with E-state index in [9.17, 15) is 14.7 Å². The number of oxime groups is 1. The number of carbonyl (C=O) groups excluding carboxylic acids is 2. The highest BCUT2D eigenvalue weighted by molar-refractivity contribution is 8.13. The Morgan fingerprint density at radius 3 is 2.69 bits per heavy atom. The van der Waals surface area contributed by atoms with Gasteiger partial charge in [-0.1, -0.05) is 48.8 Å². The zero-order valence-corrected chi connectivity index (χ0v) is 24.4. The minimum absolute atomic E-state index is 0.0740. The van der Waals surface area contributed by atoms with Crippen LogP contribution in [0.1, 0.15) is 89.7 Å². The summed E-state index contributed by atoms with van der Waals surface area (Å²) >= 11 is 1.08. The third kappa shape index (κ3) is 5.42. The third-order valence-electron chi connectivity index (χ3n) is 9.64. The molecule has 0 aliphatic heterocycles. The van der Waals surface area contributed by atoms with E-state index < -0.39 is 10.9 Å². The Kier molecular flexibility index (Phi) is 8.23. The number of nitrogens with zero attached hydrogens (tertiary/aromatic N) is 1. The molecular formula is C32H41NO5S. The number of hydrogen-bond donors (Lipinski definition) is 1. The largest absolute Gasteiger partial charge is 0.393 e. The Balaban J connectivity index is 1.50. The molecular weight excluding hydrogens is 510 g/mol. The van der Waals surface area contributed by atoms with Crippen molar-refractivity contribution in [3.8, 4) is 0 Å². The van der Waals surface area contributed by atoms with Crippen LogP contribution in [-0.2, 0) is 14.4 Å². The lowest BCUT2D eigenvalue weighted by atomic mass is 9.51. The predicted octanol–water partition coefficient (Wildman–Crippen LogP) is 6.97. The van der Waals surface area contributed by atoms with Crippen molar-refractivity contribution in [1.29, 1.82) is 0 Å². The van der Waals surface area contributed by atoms with Crippen LogP contribution in [0.4, 0.5) is 4.79 Å². The fourth-order valence-corrected chi connectivity index (χ4v) is 8.02. The molecule has 0 amide bonds. The summed E-state index contributed by atoms with van der Waals surface area (Å²) < 4.78 is 6.04. The number of ether oxygens (including phenoxy) is 1. The lowest BCUT2D eigenvalue weighted by molar-refractivity contribution is -0.143. The minimum Gasteiger partial charge on any atom is -0.387 e. The van der Waals surface area contributed by atoms with Gasteiger partial charge in [-0.25, -0.2) is 4.79 Å². The highest BCUT2D eigenvalue weighted by Crippen LogP contribution is 2.66. The van der Waals surface area contributed by atoms with Gasteiger partial charge in [-0.3, -0.25) is 4.79 Å². The first kappa shape index (κ1) is 28.3. The van der Waals surface area contributed by atoms with Crippen molar-refractivity contribution in [3.63, 3.8) is 0 Å². The Morgan fingerprint density at radius 2 is 1.97 bits per heavy atom. The van der Waals surface area contributed by atoms with Gasteiger partial charge >= 0.3 is 5.30 Å². The van der Waals surface area contributed by atoms with E-state index in [4.69, 9.17) is 9.57 Å². The van der Waals surface area contributed by atoms with Gasteiger partial charge in [0.2, 0.25) is 0 Å². The maximum Gasteiger partial charge on any atom is 0.393 e. The van der Waals surface area contributed by atoms with Crippen LogP contribution in [0.2, 0.25) is 0 Å². The first-order valence-electron chi connectivity index (χ1n) is 14.4. The summed E-state index contributed by atoms with van der Waals surface area (Å²) in [6.07, 6.45) is 9.53. The fraction of sp³-hybridized carbons (Fsp3) is 0.594. The van der Waals surface area contributed by atoms with Crippen molar-refractivity contribution in [1.82, 2.24) is 0 Å². The van der Waals surface area contributed by atoms with E-state index in [2.05, 4.69) is 24.2 Å². The Bertz CT molecular complexity index is 1200. The quantitative estimate of drug-likeness (QED) is 0.224. The van der Waals surface area contributed by atoms with Gasteiger partial charge in [-0.05, 0) is 104 Å². The van der Waals surface area contributed by atoms with Crippen LogP contribution in [0, 0.1) is 17.3 Å². The third-order valence-corrected chi connectivity index (χ3v) is 10.2. The summed E-state index contributed by atoms with van der Waals surface area (Å²) in [5.41, 5.74) is 5.09. The van der Waals surface area contributed by atoms with Crippen molar-refractivity contribution in [2.75, 3.05) is 12.4 Å². The summed E-state index contributed by atoms with van der Waals surface area (Å²) in [6.45, 7) is 8.61. The smallest absolute Gasteiger partial charge is 0.387 e. The van der Waals surface area contributed by atoms with E-state index in [0.717, 1.165) is 55.9 Å². The lowest BCUT2D eigenvalue weighted by Gasteiger charge is -2.55. The average Bonchev–Trinajstić information content (AvgIpc) is 3.17. The van der Waals surface area contributed by atoms with Gasteiger partial charge in [-0.2, -0.15) is 0 Å². The van der Waals surface area contributed by atoms with E-state index in [1.54, 1.807) is 6.21 Å². The van der Waals surface area contributed by atoms with Gasteiger partial charge < -0.3 is 14.7 Å². The molecule has 0 bridgehead atoms. The molecule has 6 nitrogen and oxygen atoms in total. The number of hydrogen-bond acceptors (Lipinski definition) is 7. The molecule has 2 saturated carbocycles. The first-order chi connectivity index (χ1) is 18.6. The SMILES string of the molecule is CCSC(=O)O/N=C/c1ccc([C@H]2C[C@@]3(C)[C@@H](CC[C@@]3(O)COC(C)C)[C@@H]3CCC4=CC(=O)CCC4=C32)cc1. The predicted molar refractivity (Wildman–Crippen MR) is 155 cm³/mol. The number of ketones is 1. The summed E-state index contributed by atoms with van der Waals surface area (Å²) in [7, 11) is 0. The minimum atomic E-state index is -0.859. The van der Waals surface area contributed by atoms with Crippen LogP contribution in [0.3, 0.4) is 0 Å². The second-order valence-corrected chi connectivity index (χ2v) is 13.3. The van der Waals surface area contributed by atoms with Crippen LogP contribution in [0.25, 0.3) is 0 Å². The average molecular weight is 552 g/mol. The highest BCUT2D eigenvalue weighted by atomic mass is 32.2. The number of allylic oxidation sites excluding steroid dienone is 4. The molecule has 1 N–H and O–H groups in total. The zero-order chi connectivity index (χ0) is 27.8. The highest BCUT2D eigenvalue weighted by Gasteiger charge is 2.63. The maximum atomic E-state index is 12.3. The number of benzene rings is 1. The number of thioether (sulfide) groups is 1. The molecule has 4 aliphatic rings. The Morgan fingerprint density at radius 1 is 1.21 bits per heavy atom. The van der Waals surface area contributed by atoms with Crippen LogP contribution >= 0.6 is 11.8 Å². The Labute approximate surface area is 236 Å². The number of carbonyl (C=O) groups is 2. The molecule has 0 heterocycles. The first-order valence-corrected chi connectivity index (χ1v) is 15.4. The van der Waals surface area contributed by atoms with Gasteiger partial charge in [-0.15, -0.1) is 0 Å². The van der Waals surface area contributed by atoms with Crippen LogP contribution < -0.4 is 0 Å². The molecule has 0 spiro atoms. The standard InChI is InChI=1S/C32H41NO5S/c1-5-39-30(35)38-33-18-21-6-8-22(9-7-21)27-17-31(4)28(14-15-32(31,36)19-37-20(2)3)26-12-10-23-16-24(34)11-13-25(23)29(26)27/h6-9,16,18,20,26-28,36H,5,10-15,17,19H2,1-4H3/b33-18+/t26-,27+,28-,31-,32+/m0/s1. The summed E-state index contributed by atoms with van der Waals surface area (Å²) in [4.78, 5) is 28.8. The molecule has 0 saturated heterocycles. The number of aliphatic hydroxyl groups is 1. The molecule has 7 heteroatoms. The van der Waals surface area contributed by atoms with Gasteiger partial charge in [0.1, 0.15) is 0 Å². The van der Waals surface area contributed by atoms with E-state index in [0.29, 0.717) is 30.6 Å². The summed E-state index contributed by atoms with van der Waals surface area (Å²) in [5, 5.41) is 15.5. The summed E-state index contributed by atoms with van der Waals surface area (Å²) in [6, 6.07) is 8.32. The van der Waals surface area contributed by atoms with E-state index in [1.807, 2.05) is 39.0 Å². The monoisotopic (exact) mass is 551 g/mol. The molecule has 1 aromatic carbocycles. The second-order valence-electron chi connectivity index (χ2n) is 12.1. The molecule has 4 aliphatic carbocycles. The molecule has 0 radical (unpaired) electrons. The normalized spacial score (nSPS) is 32.2. The topological polar surface area (TPSA) is 85.2 Å². The molecule has 5 atom stereocenters. The molecule has 39 heavy (non-hydrogen) atoms. The Hall–Kier alpha value is -2.22. The van der Waals surface area contributed by atoms with Crippen molar-refractivity contribution in [2.24, 2.45) is 22.4 Å². The van der Waals surface area contributed by atoms with Gasteiger partial charge in [0, 0.05) is 23.5 Å². The molecule has 5 rings (SSSR count). The molecule has 1 aromatic rings. The molecule has 210 valence electrons. The van der Waals surface area contributed by atoms with E-state index in [-0.39, 0.29) is 23.2 Å². The molecule has 0 aromatic heterocycles. The number of fused-ring (bicyclic) bond motifs is 4. The van der Waals surface area contributed by atoms with Gasteiger partial charge in [0.25, 0.3) is 0 Å². The van der Waals surface area contributed by atoms with Crippen LogP contribution in [0.15, 0.2) is 52.2 Å². The maximum absolute atomic E-state index is 12.3. The van der Waals surface area contributed by atoms with Crippen molar-refractivity contribution in [3.05, 3.63) is 58.2 Å². The van der Waals surface area contributed by atoms with Crippen molar-refractivity contribution >= 4 is 29.1 Å². The van der Waals surface area contributed by atoms with E-state index in [1.165, 1.54) is 22.3 Å². The second kappa shape index (κ2) is 11.3. The van der Waals surface area contributed by atoms with Crippen LogP contribution in [-0.4, -0.2) is 46.5 Å². The summed E-state index contributed by atoms with van der Waals surface area (Å²) in [5.74, 6) is 1.86. The number of rotatable bonds is 7.